The summed E-state index contributed by atoms with van der Waals surface area (Å²) in [6, 6.07) is 14.9. The molecule has 2 aromatic heterocycles. The van der Waals surface area contributed by atoms with Gasteiger partial charge >= 0.3 is 6.18 Å². The Morgan fingerprint density at radius 1 is 0.842 bits per heavy atom. The highest BCUT2D eigenvalue weighted by Gasteiger charge is 2.34. The summed E-state index contributed by atoms with van der Waals surface area (Å²) in [6.45, 7) is 6.94. The molecule has 0 aliphatic rings. The van der Waals surface area contributed by atoms with Gasteiger partial charge in [-0.05, 0) is 75.7 Å². The molecule has 11 heteroatoms. The number of benzene rings is 2. The average Bonchev–Trinajstić information content (AvgIpc) is 2.84. The molecule has 0 bridgehead atoms. The van der Waals surface area contributed by atoms with E-state index >= 15 is 0 Å². The third-order valence-corrected chi connectivity index (χ3v) is 7.55. The molecule has 38 heavy (non-hydrogen) atoms. The van der Waals surface area contributed by atoms with Crippen LogP contribution in [0.1, 0.15) is 32.0 Å². The number of pyridine rings is 1. The molecule has 0 aliphatic carbocycles. The third-order valence-electron chi connectivity index (χ3n) is 5.37. The van der Waals surface area contributed by atoms with Crippen LogP contribution >= 0.6 is 11.6 Å². The van der Waals surface area contributed by atoms with E-state index in [1.54, 1.807) is 58.0 Å². The summed E-state index contributed by atoms with van der Waals surface area (Å²) in [7, 11) is -3.81. The van der Waals surface area contributed by atoms with Crippen LogP contribution in [0, 0.1) is 6.92 Å². The number of nitrogens with zero attached hydrogens (tertiary/aromatic N) is 3. The fraction of sp³-hybridized carbons (Fsp3) is 0.222. The van der Waals surface area contributed by atoms with E-state index < -0.39 is 27.4 Å². The molecule has 0 atom stereocenters. The van der Waals surface area contributed by atoms with Gasteiger partial charge in [-0.2, -0.15) is 13.2 Å². The number of rotatable bonds is 5. The van der Waals surface area contributed by atoms with Crippen molar-refractivity contribution in [3.8, 4) is 33.9 Å². The number of aromatic nitrogens is 3. The zero-order chi connectivity index (χ0) is 27.9. The summed E-state index contributed by atoms with van der Waals surface area (Å²) >= 11 is 6.08. The molecule has 4 rings (SSSR count). The van der Waals surface area contributed by atoms with Crippen molar-refractivity contribution in [2.24, 2.45) is 0 Å². The first-order chi connectivity index (χ1) is 17.6. The maximum absolute atomic E-state index is 13.8. The zero-order valence-electron chi connectivity index (χ0n) is 20.9. The van der Waals surface area contributed by atoms with Crippen LogP contribution in [0.5, 0.6) is 0 Å². The minimum atomic E-state index is -4.70. The number of sulfonamides is 1. The second kappa shape index (κ2) is 10.1. The van der Waals surface area contributed by atoms with Gasteiger partial charge in [0.05, 0.1) is 16.3 Å². The van der Waals surface area contributed by atoms with Gasteiger partial charge in [0.1, 0.15) is 5.69 Å². The van der Waals surface area contributed by atoms with Gasteiger partial charge in [-0.3, -0.25) is 4.98 Å². The van der Waals surface area contributed by atoms with Crippen LogP contribution in [0.2, 0.25) is 5.02 Å². The summed E-state index contributed by atoms with van der Waals surface area (Å²) < 4.78 is 69.5. The fourth-order valence-corrected chi connectivity index (χ4v) is 5.27. The van der Waals surface area contributed by atoms with E-state index in [4.69, 9.17) is 11.6 Å². The van der Waals surface area contributed by atoms with Crippen molar-refractivity contribution in [1.82, 2.24) is 19.7 Å². The van der Waals surface area contributed by atoms with E-state index in [1.807, 2.05) is 0 Å². The molecule has 198 valence electrons. The van der Waals surface area contributed by atoms with Gasteiger partial charge in [-0.15, -0.1) is 0 Å². The smallest absolute Gasteiger partial charge is 0.256 e. The second-order valence-electron chi connectivity index (χ2n) is 9.74. The van der Waals surface area contributed by atoms with Crippen LogP contribution in [0.25, 0.3) is 33.9 Å². The predicted molar refractivity (Wildman–Crippen MR) is 141 cm³/mol. The van der Waals surface area contributed by atoms with Crippen molar-refractivity contribution in [2.45, 2.75) is 44.3 Å². The molecule has 6 nitrogen and oxygen atoms in total. The Bertz CT molecular complexity index is 1620. The van der Waals surface area contributed by atoms with Crippen LogP contribution in [0.15, 0.2) is 71.8 Å². The van der Waals surface area contributed by atoms with Gasteiger partial charge in [0.2, 0.25) is 10.0 Å². The topological polar surface area (TPSA) is 84.8 Å². The van der Waals surface area contributed by atoms with Crippen molar-refractivity contribution in [2.75, 3.05) is 0 Å². The summed E-state index contributed by atoms with van der Waals surface area (Å²) in [5.41, 5.74) is 0.554. The van der Waals surface area contributed by atoms with E-state index in [9.17, 15) is 21.6 Å². The van der Waals surface area contributed by atoms with E-state index in [2.05, 4.69) is 19.7 Å². The minimum Gasteiger partial charge on any atom is -0.256 e. The van der Waals surface area contributed by atoms with Crippen molar-refractivity contribution in [3.63, 3.8) is 0 Å². The molecule has 0 saturated heterocycles. The van der Waals surface area contributed by atoms with Crippen molar-refractivity contribution >= 4 is 21.6 Å². The maximum Gasteiger partial charge on any atom is 0.433 e. The minimum absolute atomic E-state index is 0.0350. The van der Waals surface area contributed by atoms with Gasteiger partial charge in [-0.25, -0.2) is 23.1 Å². The zero-order valence-corrected chi connectivity index (χ0v) is 22.5. The van der Waals surface area contributed by atoms with Crippen LogP contribution in [-0.2, 0) is 16.2 Å². The van der Waals surface area contributed by atoms with Crippen LogP contribution in [0.3, 0.4) is 0 Å². The molecule has 0 spiro atoms. The number of alkyl halides is 3. The first-order valence-electron chi connectivity index (χ1n) is 11.5. The highest BCUT2D eigenvalue weighted by molar-refractivity contribution is 7.89. The normalized spacial score (nSPS) is 12.5. The molecule has 2 aromatic carbocycles. The monoisotopic (exact) mass is 560 g/mol. The lowest BCUT2D eigenvalue weighted by molar-refractivity contribution is -0.141. The number of hydrogen-bond donors (Lipinski definition) is 1. The fourth-order valence-electron chi connectivity index (χ4n) is 3.69. The highest BCUT2D eigenvalue weighted by Crippen LogP contribution is 2.34. The van der Waals surface area contributed by atoms with Gasteiger partial charge in [-0.1, -0.05) is 29.8 Å². The average molecular weight is 561 g/mol. The molecule has 2 heterocycles. The Morgan fingerprint density at radius 2 is 1.55 bits per heavy atom. The van der Waals surface area contributed by atoms with Crippen molar-refractivity contribution in [1.29, 1.82) is 0 Å². The lowest BCUT2D eigenvalue weighted by atomic mass is 10.1. The summed E-state index contributed by atoms with van der Waals surface area (Å²) in [5, 5.41) is 0.486. The van der Waals surface area contributed by atoms with Gasteiger partial charge in [0.25, 0.3) is 0 Å². The number of halogens is 4. The Morgan fingerprint density at radius 3 is 2.21 bits per heavy atom. The van der Waals surface area contributed by atoms with Gasteiger partial charge in [0, 0.05) is 33.4 Å². The standard InChI is InChI=1S/C27H24ClF3N4O2S/c1-16-12-18(8-9-21(16)28)23-15-24(27(29,30)31)34-25(33-23)19-10-11-32-22(14-19)17-6-5-7-20(13-17)38(36,37)35-26(2,3)4/h5-15,35H,1-4H3. The molecule has 1 N–H and O–H groups in total. The molecule has 0 fully saturated rings. The SMILES string of the molecule is Cc1cc(-c2cc(C(F)(F)F)nc(-c3ccnc(-c4cccc(S(=O)(=O)NC(C)(C)C)c4)c3)n2)ccc1Cl. The molecule has 0 unspecified atom stereocenters. The predicted octanol–water partition coefficient (Wildman–Crippen LogP) is 6.93. The van der Waals surface area contributed by atoms with Crippen LogP contribution < -0.4 is 4.72 Å². The first kappa shape index (κ1) is 27.7. The Balaban J connectivity index is 1.80. The van der Waals surface area contributed by atoms with Gasteiger partial charge < -0.3 is 0 Å². The Labute approximate surface area is 224 Å². The quantitative estimate of drug-likeness (QED) is 0.286. The molecule has 0 amide bonds. The maximum atomic E-state index is 13.8. The summed E-state index contributed by atoms with van der Waals surface area (Å²) in [5.74, 6) is -0.149. The van der Waals surface area contributed by atoms with Crippen molar-refractivity contribution < 1.29 is 21.6 Å². The Hall–Kier alpha value is -3.34. The molecular formula is C27H24ClF3N4O2S. The second-order valence-corrected chi connectivity index (χ2v) is 11.8. The van der Waals surface area contributed by atoms with Crippen molar-refractivity contribution in [3.05, 3.63) is 83.1 Å². The lowest BCUT2D eigenvalue weighted by Gasteiger charge is -2.20. The summed E-state index contributed by atoms with van der Waals surface area (Å²) in [6.07, 6.45) is -3.29. The largest absolute Gasteiger partial charge is 0.433 e. The highest BCUT2D eigenvalue weighted by atomic mass is 35.5. The molecule has 4 aromatic rings. The molecule has 0 radical (unpaired) electrons. The van der Waals surface area contributed by atoms with E-state index in [-0.39, 0.29) is 22.0 Å². The lowest BCUT2D eigenvalue weighted by Crippen LogP contribution is -2.40. The van der Waals surface area contributed by atoms with Gasteiger partial charge in [0.15, 0.2) is 5.82 Å². The number of hydrogen-bond acceptors (Lipinski definition) is 5. The Kier molecular flexibility index (Phi) is 7.35. The van der Waals surface area contributed by atoms with E-state index in [0.29, 0.717) is 27.4 Å². The molecule has 0 aliphatic heterocycles. The number of aryl methyl sites for hydroxylation is 1. The molecule has 0 saturated carbocycles. The first-order valence-corrected chi connectivity index (χ1v) is 13.3. The van der Waals surface area contributed by atoms with Crippen LogP contribution in [0.4, 0.5) is 13.2 Å². The number of nitrogens with one attached hydrogen (secondary N) is 1. The summed E-state index contributed by atoms with van der Waals surface area (Å²) in [4.78, 5) is 12.5. The van der Waals surface area contributed by atoms with E-state index in [1.165, 1.54) is 30.5 Å². The van der Waals surface area contributed by atoms with Crippen LogP contribution in [-0.4, -0.2) is 28.9 Å². The molecular weight excluding hydrogens is 537 g/mol. The third kappa shape index (κ3) is 6.38. The van der Waals surface area contributed by atoms with E-state index in [0.717, 1.165) is 6.07 Å².